The van der Waals surface area contributed by atoms with Gasteiger partial charge in [-0.3, -0.25) is 0 Å². The lowest BCUT2D eigenvalue weighted by Gasteiger charge is -2.20. The average molecular weight is 374 g/mol. The minimum atomic E-state index is 0.246. The highest BCUT2D eigenvalue weighted by molar-refractivity contribution is 5.65. The molecule has 0 aliphatic heterocycles. The third-order valence-corrected chi connectivity index (χ3v) is 5.78. The van der Waals surface area contributed by atoms with E-state index in [4.69, 9.17) is 14.2 Å². The van der Waals surface area contributed by atoms with Crippen molar-refractivity contribution in [2.45, 2.75) is 25.2 Å². The van der Waals surface area contributed by atoms with Crippen LogP contribution in [0.25, 0.3) is 0 Å². The van der Waals surface area contributed by atoms with Gasteiger partial charge in [0.2, 0.25) is 5.75 Å². The third kappa shape index (κ3) is 3.01. The fraction of sp³-hybridized carbons (Fsp3) is 0.280. The third-order valence-electron chi connectivity index (χ3n) is 5.78. The Morgan fingerprint density at radius 3 is 1.96 bits per heavy atom. The molecule has 2 unspecified atom stereocenters. The van der Waals surface area contributed by atoms with E-state index in [0.29, 0.717) is 11.5 Å². The van der Waals surface area contributed by atoms with Crippen molar-refractivity contribution in [1.29, 1.82) is 0 Å². The van der Waals surface area contributed by atoms with Crippen LogP contribution in [0.2, 0.25) is 0 Å². The van der Waals surface area contributed by atoms with Crippen LogP contribution >= 0.6 is 0 Å². The van der Waals surface area contributed by atoms with E-state index in [-0.39, 0.29) is 11.8 Å². The van der Waals surface area contributed by atoms with Crippen molar-refractivity contribution in [2.24, 2.45) is 0 Å². The molecule has 3 heteroatoms. The van der Waals surface area contributed by atoms with Crippen LogP contribution in [0.1, 0.15) is 46.1 Å². The number of hydrogen-bond donors (Lipinski definition) is 0. The zero-order valence-corrected chi connectivity index (χ0v) is 16.9. The lowest BCUT2D eigenvalue weighted by Crippen LogP contribution is -2.03. The van der Waals surface area contributed by atoms with Gasteiger partial charge in [-0.25, -0.2) is 0 Å². The van der Waals surface area contributed by atoms with Crippen molar-refractivity contribution in [3.63, 3.8) is 0 Å². The lowest BCUT2D eigenvalue weighted by atomic mass is 9.90. The minimum Gasteiger partial charge on any atom is -0.493 e. The van der Waals surface area contributed by atoms with Gasteiger partial charge >= 0.3 is 0 Å². The number of hydrogen-bond acceptors (Lipinski definition) is 3. The predicted molar refractivity (Wildman–Crippen MR) is 112 cm³/mol. The van der Waals surface area contributed by atoms with Crippen LogP contribution in [0.15, 0.2) is 60.7 Å². The number of fused-ring (bicyclic) bond motifs is 1. The molecule has 1 aliphatic rings. The van der Waals surface area contributed by atoms with E-state index in [1.54, 1.807) is 21.3 Å². The Kier molecular flexibility index (Phi) is 4.99. The van der Waals surface area contributed by atoms with Gasteiger partial charge in [0, 0.05) is 17.4 Å². The van der Waals surface area contributed by atoms with Crippen molar-refractivity contribution in [3.8, 4) is 17.2 Å². The van der Waals surface area contributed by atoms with Crippen molar-refractivity contribution in [1.82, 2.24) is 0 Å². The van der Waals surface area contributed by atoms with Crippen LogP contribution in [-0.2, 0) is 0 Å². The summed E-state index contributed by atoms with van der Waals surface area (Å²) >= 11 is 0. The molecule has 0 spiro atoms. The number of rotatable bonds is 5. The van der Waals surface area contributed by atoms with Gasteiger partial charge in [0.15, 0.2) is 11.5 Å². The van der Waals surface area contributed by atoms with E-state index in [9.17, 15) is 0 Å². The molecule has 0 amide bonds. The zero-order chi connectivity index (χ0) is 19.7. The Balaban J connectivity index is 1.95. The van der Waals surface area contributed by atoms with Gasteiger partial charge in [-0.15, -0.1) is 0 Å². The molecule has 4 rings (SSSR count). The summed E-state index contributed by atoms with van der Waals surface area (Å²) in [5.74, 6) is 2.69. The molecule has 0 fully saturated rings. The Morgan fingerprint density at radius 1 is 0.714 bits per heavy atom. The van der Waals surface area contributed by atoms with E-state index in [1.165, 1.54) is 27.8 Å². The molecule has 0 bridgehead atoms. The number of aryl methyl sites for hydroxylation is 1. The van der Waals surface area contributed by atoms with Crippen LogP contribution in [0.3, 0.4) is 0 Å². The van der Waals surface area contributed by atoms with Gasteiger partial charge < -0.3 is 14.2 Å². The Labute approximate surface area is 166 Å². The molecule has 3 nitrogen and oxygen atoms in total. The van der Waals surface area contributed by atoms with Crippen molar-refractivity contribution in [2.75, 3.05) is 21.3 Å². The number of ether oxygens (including phenoxy) is 3. The summed E-state index contributed by atoms with van der Waals surface area (Å²) in [7, 11) is 5.05. The summed E-state index contributed by atoms with van der Waals surface area (Å²) in [5.41, 5.74) is 6.34. The van der Waals surface area contributed by atoms with Crippen molar-refractivity contribution in [3.05, 3.63) is 88.5 Å². The van der Waals surface area contributed by atoms with E-state index < -0.39 is 0 Å². The molecule has 1 aliphatic carbocycles. The first kappa shape index (κ1) is 18.4. The molecule has 0 radical (unpaired) electrons. The summed E-state index contributed by atoms with van der Waals surface area (Å²) in [6.45, 7) is 2.12. The summed E-state index contributed by atoms with van der Waals surface area (Å²) in [6, 6.07) is 21.6. The average Bonchev–Trinajstić information content (AvgIpc) is 3.12. The van der Waals surface area contributed by atoms with Gasteiger partial charge in [-0.1, -0.05) is 60.2 Å². The monoisotopic (exact) mass is 374 g/mol. The Morgan fingerprint density at radius 2 is 1.36 bits per heavy atom. The van der Waals surface area contributed by atoms with Crippen LogP contribution in [0.4, 0.5) is 0 Å². The molecule has 0 aromatic heterocycles. The highest BCUT2D eigenvalue weighted by Gasteiger charge is 2.38. The van der Waals surface area contributed by atoms with E-state index >= 15 is 0 Å². The maximum absolute atomic E-state index is 5.88. The van der Waals surface area contributed by atoms with Crippen LogP contribution in [0, 0.1) is 6.92 Å². The van der Waals surface area contributed by atoms with Gasteiger partial charge in [0.05, 0.1) is 21.3 Å². The molecule has 144 valence electrons. The maximum atomic E-state index is 5.88. The summed E-state index contributed by atoms with van der Waals surface area (Å²) in [6.07, 6.45) is 0.995. The maximum Gasteiger partial charge on any atom is 0.203 e. The van der Waals surface area contributed by atoms with Gasteiger partial charge in [0.1, 0.15) is 0 Å². The largest absolute Gasteiger partial charge is 0.493 e. The first-order valence-electron chi connectivity index (χ1n) is 9.62. The number of methoxy groups -OCH3 is 3. The lowest BCUT2D eigenvalue weighted by molar-refractivity contribution is 0.322. The molecule has 0 saturated carbocycles. The molecule has 2 atom stereocenters. The summed E-state index contributed by atoms with van der Waals surface area (Å²) in [4.78, 5) is 0. The van der Waals surface area contributed by atoms with E-state index in [0.717, 1.165) is 12.2 Å². The molecular weight excluding hydrogens is 348 g/mol. The van der Waals surface area contributed by atoms with Crippen molar-refractivity contribution >= 4 is 0 Å². The highest BCUT2D eigenvalue weighted by Crippen LogP contribution is 2.56. The first-order valence-corrected chi connectivity index (χ1v) is 9.62. The molecule has 3 aromatic rings. The van der Waals surface area contributed by atoms with Gasteiger partial charge in [0.25, 0.3) is 0 Å². The molecule has 0 N–H and O–H groups in total. The van der Waals surface area contributed by atoms with Gasteiger partial charge in [-0.2, -0.15) is 0 Å². The normalized spacial score (nSPS) is 17.9. The second kappa shape index (κ2) is 7.59. The fourth-order valence-electron chi connectivity index (χ4n) is 4.43. The Bertz CT molecular complexity index is 961. The highest BCUT2D eigenvalue weighted by atomic mass is 16.5. The first-order chi connectivity index (χ1) is 13.7. The fourth-order valence-corrected chi connectivity index (χ4v) is 4.43. The molecule has 28 heavy (non-hydrogen) atoms. The standard InChI is InChI=1S/C25H26O3/c1-16-10-12-18(13-11-16)20-14-19(17-8-6-5-7-9-17)21-15-22(26-2)24(27-3)25(28-4)23(20)21/h5-13,15,19-20H,14H2,1-4H3. The van der Waals surface area contributed by atoms with E-state index in [1.807, 2.05) is 0 Å². The van der Waals surface area contributed by atoms with Crippen molar-refractivity contribution < 1.29 is 14.2 Å². The Hall–Kier alpha value is -2.94. The zero-order valence-electron chi connectivity index (χ0n) is 16.9. The summed E-state index contributed by atoms with van der Waals surface area (Å²) in [5, 5.41) is 0. The topological polar surface area (TPSA) is 27.7 Å². The second-order valence-electron chi connectivity index (χ2n) is 7.31. The quantitative estimate of drug-likeness (QED) is 0.574. The predicted octanol–water partition coefficient (Wildman–Crippen LogP) is 5.69. The van der Waals surface area contributed by atoms with Crippen LogP contribution in [0.5, 0.6) is 17.2 Å². The van der Waals surface area contributed by atoms with Crippen LogP contribution in [-0.4, -0.2) is 21.3 Å². The molecule has 0 heterocycles. The molecule has 0 saturated heterocycles. The molecule has 3 aromatic carbocycles. The number of benzene rings is 3. The SMILES string of the molecule is COc1cc2c(c(OC)c1OC)C(c1ccc(C)cc1)CC2c1ccccc1. The van der Waals surface area contributed by atoms with Crippen LogP contribution < -0.4 is 14.2 Å². The summed E-state index contributed by atoms with van der Waals surface area (Å²) < 4.78 is 17.2. The van der Waals surface area contributed by atoms with E-state index in [2.05, 4.69) is 67.6 Å². The van der Waals surface area contributed by atoms with Gasteiger partial charge in [-0.05, 0) is 36.1 Å². The molecular formula is C25H26O3. The minimum absolute atomic E-state index is 0.246. The second-order valence-corrected chi connectivity index (χ2v) is 7.31. The smallest absolute Gasteiger partial charge is 0.203 e.